The van der Waals surface area contributed by atoms with E-state index in [1.165, 1.54) is 0 Å². The maximum Gasteiger partial charge on any atom is 0.252 e. The fourth-order valence-electron chi connectivity index (χ4n) is 3.45. The topological polar surface area (TPSA) is 88.5 Å². The van der Waals surface area contributed by atoms with Crippen LogP contribution in [-0.4, -0.2) is 37.2 Å². The largest absolute Gasteiger partial charge is 0.352 e. The first-order valence-electron chi connectivity index (χ1n) is 9.50. The van der Waals surface area contributed by atoms with Crippen molar-refractivity contribution in [3.05, 3.63) is 53.1 Å². The summed E-state index contributed by atoms with van der Waals surface area (Å²) < 4.78 is 1.74. The molecule has 0 spiro atoms. The molecule has 4 aromatic rings. The number of aromatic amines is 1. The molecule has 0 atom stereocenters. The molecule has 1 aromatic carbocycles. The van der Waals surface area contributed by atoms with Gasteiger partial charge in [0.1, 0.15) is 5.82 Å². The molecule has 0 aliphatic rings. The molecule has 0 saturated heterocycles. The van der Waals surface area contributed by atoms with Gasteiger partial charge in [0, 0.05) is 25.7 Å². The average Bonchev–Trinajstić information content (AvgIpc) is 3.21. The third kappa shape index (κ3) is 3.24. The standard InChI is InChI=1S/C21H24N6O/c1-12(2)17-11-14(19-13(3)26-27(4)20(19)25-17)21(28)22-10-9-18-23-15-7-5-6-8-16(15)24-18/h5-8,11-12H,9-10H2,1-4H3,(H,22,28)(H,23,24). The van der Waals surface area contributed by atoms with Crippen molar-refractivity contribution < 1.29 is 4.79 Å². The molecule has 0 fully saturated rings. The van der Waals surface area contributed by atoms with Gasteiger partial charge in [-0.15, -0.1) is 0 Å². The van der Waals surface area contributed by atoms with Crippen molar-refractivity contribution in [3.8, 4) is 0 Å². The van der Waals surface area contributed by atoms with Gasteiger partial charge in [-0.2, -0.15) is 5.10 Å². The van der Waals surface area contributed by atoms with Crippen LogP contribution in [0.2, 0.25) is 0 Å². The van der Waals surface area contributed by atoms with Crippen molar-refractivity contribution in [2.45, 2.75) is 33.1 Å². The Morgan fingerprint density at radius 1 is 1.25 bits per heavy atom. The maximum atomic E-state index is 13.0. The molecule has 144 valence electrons. The number of para-hydroxylation sites is 2. The summed E-state index contributed by atoms with van der Waals surface area (Å²) >= 11 is 0. The van der Waals surface area contributed by atoms with Gasteiger partial charge in [-0.05, 0) is 31.0 Å². The summed E-state index contributed by atoms with van der Waals surface area (Å²) in [7, 11) is 1.86. The Hall–Kier alpha value is -3.22. The molecule has 0 radical (unpaired) electrons. The number of carbonyl (C=O) groups excluding carboxylic acids is 1. The summed E-state index contributed by atoms with van der Waals surface area (Å²) in [5.41, 5.74) is 5.01. The summed E-state index contributed by atoms with van der Waals surface area (Å²) in [5.74, 6) is 0.977. The van der Waals surface area contributed by atoms with E-state index in [1.807, 2.05) is 44.3 Å². The predicted octanol–water partition coefficient (Wildman–Crippen LogP) is 3.25. The van der Waals surface area contributed by atoms with Crippen LogP contribution in [-0.2, 0) is 13.5 Å². The highest BCUT2D eigenvalue weighted by atomic mass is 16.1. The molecule has 0 aliphatic carbocycles. The molecule has 0 unspecified atom stereocenters. The summed E-state index contributed by atoms with van der Waals surface area (Å²) in [6.07, 6.45) is 0.637. The van der Waals surface area contributed by atoms with Crippen molar-refractivity contribution in [2.75, 3.05) is 6.54 Å². The van der Waals surface area contributed by atoms with Crippen molar-refractivity contribution in [3.63, 3.8) is 0 Å². The monoisotopic (exact) mass is 376 g/mol. The van der Waals surface area contributed by atoms with Gasteiger partial charge in [0.15, 0.2) is 5.65 Å². The fourth-order valence-corrected chi connectivity index (χ4v) is 3.45. The second kappa shape index (κ2) is 7.07. The van der Waals surface area contributed by atoms with Crippen LogP contribution in [0.4, 0.5) is 0 Å². The molecule has 0 saturated carbocycles. The highest BCUT2D eigenvalue weighted by Crippen LogP contribution is 2.24. The number of imidazole rings is 1. The number of hydrogen-bond donors (Lipinski definition) is 2. The minimum Gasteiger partial charge on any atom is -0.352 e. The Kier molecular flexibility index (Phi) is 4.58. The van der Waals surface area contributed by atoms with Crippen molar-refractivity contribution in [1.29, 1.82) is 0 Å². The van der Waals surface area contributed by atoms with Crippen LogP contribution in [0.5, 0.6) is 0 Å². The molecule has 4 rings (SSSR count). The van der Waals surface area contributed by atoms with Crippen LogP contribution >= 0.6 is 0 Å². The lowest BCUT2D eigenvalue weighted by atomic mass is 10.0. The summed E-state index contributed by atoms with van der Waals surface area (Å²) in [5, 5.41) is 8.28. The SMILES string of the molecule is Cc1nn(C)c2nc(C(C)C)cc(C(=O)NCCc3nc4ccccc4[nH]3)c12. The third-order valence-corrected chi connectivity index (χ3v) is 4.91. The molecular formula is C21H24N6O. The number of benzene rings is 1. The number of amides is 1. The minimum atomic E-state index is -0.110. The number of hydrogen-bond acceptors (Lipinski definition) is 4. The molecule has 3 heterocycles. The molecule has 7 nitrogen and oxygen atoms in total. The van der Waals surface area contributed by atoms with Crippen molar-refractivity contribution >= 4 is 28.0 Å². The van der Waals surface area contributed by atoms with Crippen LogP contribution in [0.1, 0.15) is 47.3 Å². The molecule has 3 aromatic heterocycles. The maximum absolute atomic E-state index is 13.0. The van der Waals surface area contributed by atoms with E-state index < -0.39 is 0 Å². The lowest BCUT2D eigenvalue weighted by molar-refractivity contribution is 0.0955. The molecular weight excluding hydrogens is 352 g/mol. The molecule has 28 heavy (non-hydrogen) atoms. The van der Waals surface area contributed by atoms with Gasteiger partial charge < -0.3 is 10.3 Å². The Labute approximate surface area is 163 Å². The van der Waals surface area contributed by atoms with Crippen molar-refractivity contribution in [1.82, 2.24) is 30.0 Å². The normalized spacial score (nSPS) is 11.6. The van der Waals surface area contributed by atoms with E-state index in [2.05, 4.69) is 34.2 Å². The van der Waals surface area contributed by atoms with Gasteiger partial charge in [0.2, 0.25) is 0 Å². The van der Waals surface area contributed by atoms with Gasteiger partial charge in [-0.1, -0.05) is 26.0 Å². The number of rotatable bonds is 5. The number of nitrogens with one attached hydrogen (secondary N) is 2. The number of carbonyl (C=O) groups is 1. The van der Waals surface area contributed by atoms with E-state index in [1.54, 1.807) is 4.68 Å². The number of H-pyrrole nitrogens is 1. The number of nitrogens with zero attached hydrogens (tertiary/aromatic N) is 4. The average molecular weight is 376 g/mol. The first kappa shape index (κ1) is 18.2. The lowest BCUT2D eigenvalue weighted by Crippen LogP contribution is -2.26. The zero-order chi connectivity index (χ0) is 19.8. The fraction of sp³-hybridized carbons (Fsp3) is 0.333. The first-order valence-corrected chi connectivity index (χ1v) is 9.50. The van der Waals surface area contributed by atoms with Crippen LogP contribution < -0.4 is 5.32 Å². The van der Waals surface area contributed by atoms with E-state index in [9.17, 15) is 4.79 Å². The molecule has 0 bridgehead atoms. The summed E-state index contributed by atoms with van der Waals surface area (Å²) in [4.78, 5) is 25.5. The van der Waals surface area contributed by atoms with Gasteiger partial charge in [0.05, 0.1) is 27.7 Å². The van der Waals surface area contributed by atoms with Crippen LogP contribution in [0.15, 0.2) is 30.3 Å². The quantitative estimate of drug-likeness (QED) is 0.560. The zero-order valence-corrected chi connectivity index (χ0v) is 16.6. The Morgan fingerprint density at radius 3 is 2.79 bits per heavy atom. The molecule has 7 heteroatoms. The van der Waals surface area contributed by atoms with Gasteiger partial charge in [-0.25, -0.2) is 9.97 Å². The van der Waals surface area contributed by atoms with Gasteiger partial charge in [0.25, 0.3) is 5.91 Å². The lowest BCUT2D eigenvalue weighted by Gasteiger charge is -2.10. The molecule has 0 aliphatic heterocycles. The minimum absolute atomic E-state index is 0.110. The van der Waals surface area contributed by atoms with Crippen LogP contribution in [0.3, 0.4) is 0 Å². The van der Waals surface area contributed by atoms with Crippen LogP contribution in [0.25, 0.3) is 22.1 Å². The summed E-state index contributed by atoms with van der Waals surface area (Å²) in [6, 6.07) is 9.80. The van der Waals surface area contributed by atoms with Gasteiger partial charge in [-0.3, -0.25) is 9.48 Å². The second-order valence-corrected chi connectivity index (χ2v) is 7.36. The number of fused-ring (bicyclic) bond motifs is 2. The van der Waals surface area contributed by atoms with E-state index in [0.717, 1.165) is 39.3 Å². The number of aromatic nitrogens is 5. The van der Waals surface area contributed by atoms with E-state index in [-0.39, 0.29) is 11.8 Å². The van der Waals surface area contributed by atoms with Crippen LogP contribution in [0, 0.1) is 6.92 Å². The molecule has 2 N–H and O–H groups in total. The van der Waals surface area contributed by atoms with E-state index >= 15 is 0 Å². The Bertz CT molecular complexity index is 1140. The zero-order valence-electron chi connectivity index (χ0n) is 16.6. The second-order valence-electron chi connectivity index (χ2n) is 7.36. The molecule has 1 amide bonds. The first-order chi connectivity index (χ1) is 13.4. The van der Waals surface area contributed by atoms with E-state index in [4.69, 9.17) is 4.98 Å². The Morgan fingerprint density at radius 2 is 2.04 bits per heavy atom. The summed E-state index contributed by atoms with van der Waals surface area (Å²) in [6.45, 7) is 6.55. The Balaban J connectivity index is 1.56. The highest BCUT2D eigenvalue weighted by molar-refractivity contribution is 6.06. The highest BCUT2D eigenvalue weighted by Gasteiger charge is 2.19. The predicted molar refractivity (Wildman–Crippen MR) is 109 cm³/mol. The number of pyridine rings is 1. The van der Waals surface area contributed by atoms with E-state index in [0.29, 0.717) is 18.5 Å². The van der Waals surface area contributed by atoms with Crippen molar-refractivity contribution in [2.24, 2.45) is 7.05 Å². The third-order valence-electron chi connectivity index (χ3n) is 4.91. The number of aryl methyl sites for hydroxylation is 2. The smallest absolute Gasteiger partial charge is 0.252 e. The van der Waals surface area contributed by atoms with Gasteiger partial charge >= 0.3 is 0 Å².